The maximum absolute atomic E-state index is 12.9. The van der Waals surface area contributed by atoms with Gasteiger partial charge in [-0.2, -0.15) is 31.4 Å². The molecule has 2 aromatic rings. The molecule has 0 N–H and O–H groups in total. The van der Waals surface area contributed by atoms with E-state index in [1.54, 1.807) is 0 Å². The van der Waals surface area contributed by atoms with Crippen molar-refractivity contribution in [2.75, 3.05) is 0 Å². The molecule has 0 aliphatic carbocycles. The molecule has 12 heteroatoms. The highest BCUT2D eigenvalue weighted by atomic mass is 19.4. The number of alkyl halides is 6. The normalized spacial score (nSPS) is 16.7. The third-order valence-electron chi connectivity index (χ3n) is 4.21. The molecule has 1 aromatic carbocycles. The number of aryl methyl sites for hydroxylation is 1. The molecule has 160 valence electrons. The molecule has 6 nitrogen and oxygen atoms in total. The van der Waals surface area contributed by atoms with Crippen LogP contribution in [0.1, 0.15) is 45.3 Å². The van der Waals surface area contributed by atoms with Crippen molar-refractivity contribution in [3.63, 3.8) is 0 Å². The second-order valence-corrected chi connectivity index (χ2v) is 6.38. The fourth-order valence-electron chi connectivity index (χ4n) is 2.86. The Morgan fingerprint density at radius 2 is 1.73 bits per heavy atom. The highest BCUT2D eigenvalue weighted by molar-refractivity contribution is 5.81. The zero-order valence-corrected chi connectivity index (χ0v) is 15.0. The second kappa shape index (κ2) is 7.92. The minimum atomic E-state index is -5.01. The molecule has 0 fully saturated rings. The molecule has 2 heterocycles. The Balaban J connectivity index is 1.84. The van der Waals surface area contributed by atoms with E-state index >= 15 is 0 Å². The molecule has 1 unspecified atom stereocenters. The molecule has 1 atom stereocenters. The van der Waals surface area contributed by atoms with Crippen LogP contribution in [0.5, 0.6) is 0 Å². The van der Waals surface area contributed by atoms with Gasteiger partial charge >= 0.3 is 18.3 Å². The van der Waals surface area contributed by atoms with E-state index < -0.39 is 47.7 Å². The maximum atomic E-state index is 12.9. The van der Waals surface area contributed by atoms with Gasteiger partial charge in [0, 0.05) is 19.2 Å². The van der Waals surface area contributed by atoms with Crippen molar-refractivity contribution in [1.29, 1.82) is 0 Å². The van der Waals surface area contributed by atoms with E-state index in [2.05, 4.69) is 10.1 Å². The van der Waals surface area contributed by atoms with Crippen LogP contribution >= 0.6 is 0 Å². The molecule has 3 rings (SSSR count). The molecule has 0 saturated carbocycles. The van der Waals surface area contributed by atoms with Crippen molar-refractivity contribution in [3.05, 3.63) is 52.3 Å². The molecule has 0 radical (unpaired) electrons. The van der Waals surface area contributed by atoms with Gasteiger partial charge in [-0.1, -0.05) is 0 Å². The number of hydrogen-bond donors (Lipinski definition) is 0. The van der Waals surface area contributed by atoms with Crippen molar-refractivity contribution in [1.82, 2.24) is 9.78 Å². The van der Waals surface area contributed by atoms with Gasteiger partial charge in [0.25, 0.3) is 0 Å². The molecule has 30 heavy (non-hydrogen) atoms. The lowest BCUT2D eigenvalue weighted by Crippen LogP contribution is -2.18. The molecule has 0 amide bonds. The van der Waals surface area contributed by atoms with Crippen LogP contribution in [0.4, 0.5) is 26.3 Å². The SMILES string of the molecule is O=Cc1cc2n(n1)CCC=NC2C(=O)OCc1cc(C(F)(F)F)cc(C(F)(F)F)c1. The zero-order chi connectivity index (χ0) is 22.1. The minimum absolute atomic E-state index is 0.0135. The predicted octanol–water partition coefficient (Wildman–Crippen LogP) is 3.99. The fourth-order valence-corrected chi connectivity index (χ4v) is 2.86. The van der Waals surface area contributed by atoms with E-state index in [9.17, 15) is 35.9 Å². The van der Waals surface area contributed by atoms with Crippen molar-refractivity contribution in [2.24, 2.45) is 4.99 Å². The first-order valence-electron chi connectivity index (χ1n) is 8.48. The number of fused-ring (bicyclic) bond motifs is 1. The van der Waals surface area contributed by atoms with E-state index in [4.69, 9.17) is 4.74 Å². The van der Waals surface area contributed by atoms with Gasteiger partial charge in [0.2, 0.25) is 0 Å². The van der Waals surface area contributed by atoms with Crippen LogP contribution < -0.4 is 0 Å². The smallest absolute Gasteiger partial charge is 0.416 e. The fraction of sp³-hybridized carbons (Fsp3) is 0.333. The van der Waals surface area contributed by atoms with Gasteiger partial charge in [0.1, 0.15) is 12.3 Å². The maximum Gasteiger partial charge on any atom is 0.416 e. The highest BCUT2D eigenvalue weighted by Crippen LogP contribution is 2.36. The number of carbonyl (C=O) groups is 2. The van der Waals surface area contributed by atoms with Crippen molar-refractivity contribution >= 4 is 18.5 Å². The van der Waals surface area contributed by atoms with Crippen LogP contribution in [-0.4, -0.2) is 28.3 Å². The summed E-state index contributed by atoms with van der Waals surface area (Å²) in [6, 6.07) is 1.01. The molecule has 0 saturated heterocycles. The summed E-state index contributed by atoms with van der Waals surface area (Å²) in [5.41, 5.74) is -3.22. The number of ether oxygens (including phenoxy) is 1. The van der Waals surface area contributed by atoms with Gasteiger partial charge in [-0.15, -0.1) is 0 Å². The summed E-state index contributed by atoms with van der Waals surface area (Å²) in [5, 5.41) is 3.97. The topological polar surface area (TPSA) is 73.5 Å². The Kier molecular flexibility index (Phi) is 5.68. The Labute approximate surface area is 165 Å². The van der Waals surface area contributed by atoms with Crippen molar-refractivity contribution < 1.29 is 40.7 Å². The lowest BCUT2D eigenvalue weighted by Gasteiger charge is -2.15. The number of nitrogens with zero attached hydrogens (tertiary/aromatic N) is 3. The van der Waals surface area contributed by atoms with Gasteiger partial charge in [0.15, 0.2) is 12.3 Å². The predicted molar refractivity (Wildman–Crippen MR) is 89.7 cm³/mol. The Hall–Kier alpha value is -3.18. The average Bonchev–Trinajstić information content (AvgIpc) is 2.97. The highest BCUT2D eigenvalue weighted by Gasteiger charge is 2.37. The monoisotopic (exact) mass is 433 g/mol. The number of hydrogen-bond acceptors (Lipinski definition) is 5. The summed E-state index contributed by atoms with van der Waals surface area (Å²) in [6.07, 6.45) is -7.73. The van der Waals surface area contributed by atoms with Crippen LogP contribution in [0.3, 0.4) is 0 Å². The number of aromatic nitrogens is 2. The second-order valence-electron chi connectivity index (χ2n) is 6.38. The molecule has 0 bridgehead atoms. The first-order valence-corrected chi connectivity index (χ1v) is 8.48. The van der Waals surface area contributed by atoms with Crippen LogP contribution in [0.2, 0.25) is 0 Å². The molecule has 1 aromatic heterocycles. The third-order valence-corrected chi connectivity index (χ3v) is 4.21. The number of rotatable bonds is 4. The van der Waals surface area contributed by atoms with Gasteiger partial charge in [0.05, 0.1) is 16.8 Å². The Morgan fingerprint density at radius 3 is 2.30 bits per heavy atom. The zero-order valence-electron chi connectivity index (χ0n) is 15.0. The first kappa shape index (κ1) is 21.5. The van der Waals surface area contributed by atoms with Crippen LogP contribution in [0, 0.1) is 0 Å². The Bertz CT molecular complexity index is 962. The quantitative estimate of drug-likeness (QED) is 0.415. The standard InChI is InChI=1S/C18H13F6N3O3/c19-17(20,21)11-4-10(5-12(6-11)18(22,23)24)9-30-16(29)15-14-7-13(8-28)26-27(14)3-1-2-25-15/h2,4-8,15H,1,3,9H2. The summed E-state index contributed by atoms with van der Waals surface area (Å²) >= 11 is 0. The van der Waals surface area contributed by atoms with E-state index in [1.165, 1.54) is 17.0 Å². The van der Waals surface area contributed by atoms with Crippen molar-refractivity contribution in [2.45, 2.75) is 38.0 Å². The third kappa shape index (κ3) is 4.69. The largest absolute Gasteiger partial charge is 0.459 e. The number of aliphatic imine (C=N–C) groups is 1. The average molecular weight is 433 g/mol. The van der Waals surface area contributed by atoms with Gasteiger partial charge in [-0.05, 0) is 29.8 Å². The van der Waals surface area contributed by atoms with Crippen LogP contribution in [0.15, 0.2) is 29.3 Å². The van der Waals surface area contributed by atoms with E-state index in [-0.39, 0.29) is 17.5 Å². The first-order chi connectivity index (χ1) is 14.0. The number of aldehydes is 1. The molecule has 1 aliphatic heterocycles. The van der Waals surface area contributed by atoms with Crippen molar-refractivity contribution in [3.8, 4) is 0 Å². The van der Waals surface area contributed by atoms with E-state index in [1.807, 2.05) is 0 Å². The molecule has 0 spiro atoms. The summed E-state index contributed by atoms with van der Waals surface area (Å²) < 4.78 is 83.9. The summed E-state index contributed by atoms with van der Waals surface area (Å²) in [7, 11) is 0. The minimum Gasteiger partial charge on any atom is -0.459 e. The number of esters is 1. The van der Waals surface area contributed by atoms with Gasteiger partial charge < -0.3 is 4.74 Å². The van der Waals surface area contributed by atoms with Crippen LogP contribution in [-0.2, 0) is 35.0 Å². The van der Waals surface area contributed by atoms with E-state index in [0.29, 0.717) is 31.4 Å². The Morgan fingerprint density at radius 1 is 1.10 bits per heavy atom. The number of benzene rings is 1. The van der Waals surface area contributed by atoms with Gasteiger partial charge in [-0.25, -0.2) is 4.79 Å². The summed E-state index contributed by atoms with van der Waals surface area (Å²) in [4.78, 5) is 27.3. The summed E-state index contributed by atoms with van der Waals surface area (Å²) in [6.45, 7) is -0.494. The number of halogens is 6. The lowest BCUT2D eigenvalue weighted by molar-refractivity contribution is -0.146. The lowest BCUT2D eigenvalue weighted by atomic mass is 10.1. The molecular formula is C18H13F6N3O3. The summed E-state index contributed by atoms with van der Waals surface area (Å²) in [5.74, 6) is -1.00. The number of carbonyl (C=O) groups excluding carboxylic acids is 2. The van der Waals surface area contributed by atoms with Gasteiger partial charge in [-0.3, -0.25) is 14.5 Å². The van der Waals surface area contributed by atoms with E-state index in [0.717, 1.165) is 0 Å². The molecular weight excluding hydrogens is 420 g/mol. The van der Waals surface area contributed by atoms with Crippen LogP contribution in [0.25, 0.3) is 0 Å². The molecule has 1 aliphatic rings.